The Labute approximate surface area is 117 Å². The summed E-state index contributed by atoms with van der Waals surface area (Å²) >= 11 is 0. The number of anilines is 1. The normalized spacial score (nSPS) is 16.9. The molecule has 0 amide bonds. The molecule has 1 atom stereocenters. The van der Waals surface area contributed by atoms with Crippen LogP contribution >= 0.6 is 0 Å². The third-order valence-electron chi connectivity index (χ3n) is 3.28. The fourth-order valence-corrected chi connectivity index (χ4v) is 2.41. The van der Waals surface area contributed by atoms with Crippen LogP contribution in [0.5, 0.6) is 5.88 Å². The highest BCUT2D eigenvalue weighted by Gasteiger charge is 2.25. The van der Waals surface area contributed by atoms with Crippen molar-refractivity contribution in [2.75, 3.05) is 32.1 Å². The van der Waals surface area contributed by atoms with Gasteiger partial charge < -0.3 is 15.0 Å². The fourth-order valence-electron chi connectivity index (χ4n) is 2.41. The van der Waals surface area contributed by atoms with Gasteiger partial charge in [0, 0.05) is 12.6 Å². The van der Waals surface area contributed by atoms with Crippen LogP contribution in [-0.2, 0) is 0 Å². The van der Waals surface area contributed by atoms with Crippen molar-refractivity contribution in [3.05, 3.63) is 16.4 Å². The molecule has 1 aromatic heterocycles. The maximum Gasteiger partial charge on any atom is 0.372 e. The number of likely N-dealkylation sites (tertiary alicyclic amines) is 1. The average Bonchev–Trinajstić information content (AvgIpc) is 2.90. The number of methoxy groups -OCH3 is 1. The molecule has 2 heterocycles. The third kappa shape index (κ3) is 3.32. The van der Waals surface area contributed by atoms with Crippen molar-refractivity contribution in [2.24, 2.45) is 0 Å². The summed E-state index contributed by atoms with van der Waals surface area (Å²) in [6.45, 7) is 4.99. The highest BCUT2D eigenvalue weighted by atomic mass is 16.6. The first-order valence-electron chi connectivity index (χ1n) is 6.64. The van der Waals surface area contributed by atoms with Gasteiger partial charge in [-0.05, 0) is 32.9 Å². The molecule has 1 unspecified atom stereocenters. The lowest BCUT2D eigenvalue weighted by Crippen LogP contribution is -2.33. The van der Waals surface area contributed by atoms with Crippen molar-refractivity contribution in [3.8, 4) is 5.88 Å². The number of ether oxygens (including phenoxy) is 1. The minimum Gasteiger partial charge on any atom is -0.476 e. The Kier molecular flexibility index (Phi) is 4.67. The SMILES string of the molecule is COc1ncnc(NC(C)CN2CCCC2)c1[N+](=O)[O-]. The Morgan fingerprint density at radius 1 is 1.50 bits per heavy atom. The van der Waals surface area contributed by atoms with Crippen molar-refractivity contribution in [3.63, 3.8) is 0 Å². The van der Waals surface area contributed by atoms with Gasteiger partial charge in [0.2, 0.25) is 5.82 Å². The molecule has 8 nitrogen and oxygen atoms in total. The minimum atomic E-state index is -0.524. The van der Waals surface area contributed by atoms with Crippen molar-refractivity contribution >= 4 is 11.5 Å². The van der Waals surface area contributed by atoms with Crippen LogP contribution in [0.15, 0.2) is 6.33 Å². The fraction of sp³-hybridized carbons (Fsp3) is 0.667. The Morgan fingerprint density at radius 3 is 2.80 bits per heavy atom. The average molecular weight is 281 g/mol. The molecule has 0 aromatic carbocycles. The van der Waals surface area contributed by atoms with Crippen LogP contribution < -0.4 is 10.1 Å². The summed E-state index contributed by atoms with van der Waals surface area (Å²) in [5, 5.41) is 14.2. The zero-order chi connectivity index (χ0) is 14.5. The molecular formula is C12H19N5O3. The first-order chi connectivity index (χ1) is 9.61. The summed E-state index contributed by atoms with van der Waals surface area (Å²) < 4.78 is 4.92. The Bertz CT molecular complexity index is 476. The van der Waals surface area contributed by atoms with Crippen LogP contribution in [0.4, 0.5) is 11.5 Å². The van der Waals surface area contributed by atoms with Crippen LogP contribution in [0.25, 0.3) is 0 Å². The predicted octanol–water partition coefficient (Wildman–Crippen LogP) is 1.29. The number of aromatic nitrogens is 2. The van der Waals surface area contributed by atoms with Crippen molar-refractivity contribution < 1.29 is 9.66 Å². The number of nitrogens with zero attached hydrogens (tertiary/aromatic N) is 4. The lowest BCUT2D eigenvalue weighted by molar-refractivity contribution is -0.385. The molecule has 0 bridgehead atoms. The zero-order valence-electron chi connectivity index (χ0n) is 11.7. The molecule has 0 saturated carbocycles. The Balaban J connectivity index is 2.09. The molecular weight excluding hydrogens is 262 g/mol. The molecule has 2 rings (SSSR count). The summed E-state index contributed by atoms with van der Waals surface area (Å²) in [5.41, 5.74) is -0.219. The van der Waals surface area contributed by atoms with Crippen molar-refractivity contribution in [1.29, 1.82) is 0 Å². The van der Waals surface area contributed by atoms with E-state index in [4.69, 9.17) is 4.74 Å². The monoisotopic (exact) mass is 281 g/mol. The van der Waals surface area contributed by atoms with Crippen LogP contribution in [0.3, 0.4) is 0 Å². The largest absolute Gasteiger partial charge is 0.476 e. The van der Waals surface area contributed by atoms with Crippen LogP contribution in [-0.4, -0.2) is 52.6 Å². The first-order valence-corrected chi connectivity index (χ1v) is 6.64. The number of hydrogen-bond donors (Lipinski definition) is 1. The number of rotatable bonds is 6. The van der Waals surface area contributed by atoms with Crippen molar-refractivity contribution in [1.82, 2.24) is 14.9 Å². The van der Waals surface area contributed by atoms with E-state index >= 15 is 0 Å². The maximum atomic E-state index is 11.1. The van der Waals surface area contributed by atoms with Gasteiger partial charge in [-0.1, -0.05) is 0 Å². The maximum absolute atomic E-state index is 11.1. The summed E-state index contributed by atoms with van der Waals surface area (Å²) in [4.78, 5) is 20.7. The van der Waals surface area contributed by atoms with Crippen LogP contribution in [0.2, 0.25) is 0 Å². The lowest BCUT2D eigenvalue weighted by Gasteiger charge is -2.21. The summed E-state index contributed by atoms with van der Waals surface area (Å²) in [6.07, 6.45) is 3.69. The van der Waals surface area contributed by atoms with Crippen LogP contribution in [0.1, 0.15) is 19.8 Å². The predicted molar refractivity (Wildman–Crippen MR) is 74.0 cm³/mol. The van der Waals surface area contributed by atoms with E-state index in [2.05, 4.69) is 20.2 Å². The molecule has 1 saturated heterocycles. The molecule has 8 heteroatoms. The molecule has 1 aliphatic rings. The van der Waals surface area contributed by atoms with E-state index in [1.165, 1.54) is 26.3 Å². The second-order valence-corrected chi connectivity index (χ2v) is 4.89. The molecule has 110 valence electrons. The van der Waals surface area contributed by atoms with Gasteiger partial charge in [-0.2, -0.15) is 4.98 Å². The number of nitro groups is 1. The van der Waals surface area contributed by atoms with Gasteiger partial charge in [0.1, 0.15) is 6.33 Å². The van der Waals surface area contributed by atoms with Gasteiger partial charge in [0.25, 0.3) is 5.88 Å². The van der Waals surface area contributed by atoms with E-state index in [0.29, 0.717) is 0 Å². The van der Waals surface area contributed by atoms with Crippen LogP contribution in [0, 0.1) is 10.1 Å². The van der Waals surface area contributed by atoms with E-state index in [0.717, 1.165) is 19.6 Å². The molecule has 1 fully saturated rings. The third-order valence-corrected chi connectivity index (χ3v) is 3.28. The van der Waals surface area contributed by atoms with Gasteiger partial charge in [-0.3, -0.25) is 10.1 Å². The van der Waals surface area contributed by atoms with Gasteiger partial charge in [0.15, 0.2) is 0 Å². The van der Waals surface area contributed by atoms with E-state index < -0.39 is 4.92 Å². The number of hydrogen-bond acceptors (Lipinski definition) is 7. The molecule has 0 radical (unpaired) electrons. The standard InChI is InChI=1S/C12H19N5O3/c1-9(7-16-5-3-4-6-16)15-11-10(17(18)19)12(20-2)14-8-13-11/h8-9H,3-7H2,1-2H3,(H,13,14,15). The summed E-state index contributed by atoms with van der Waals surface area (Å²) in [7, 11) is 1.35. The van der Waals surface area contributed by atoms with Gasteiger partial charge >= 0.3 is 5.69 Å². The molecule has 1 aromatic rings. The van der Waals surface area contributed by atoms with Gasteiger partial charge in [-0.15, -0.1) is 0 Å². The molecule has 0 spiro atoms. The molecule has 20 heavy (non-hydrogen) atoms. The Hall–Kier alpha value is -1.96. The van der Waals surface area contributed by atoms with Crippen molar-refractivity contribution in [2.45, 2.75) is 25.8 Å². The van der Waals surface area contributed by atoms with E-state index in [1.54, 1.807) is 0 Å². The van der Waals surface area contributed by atoms with Gasteiger partial charge in [-0.25, -0.2) is 4.98 Å². The second kappa shape index (κ2) is 6.47. The first kappa shape index (κ1) is 14.4. The Morgan fingerprint density at radius 2 is 2.20 bits per heavy atom. The molecule has 1 aliphatic heterocycles. The summed E-state index contributed by atoms with van der Waals surface area (Å²) in [5.74, 6) is 0.175. The highest BCUT2D eigenvalue weighted by molar-refractivity contribution is 5.61. The van der Waals surface area contributed by atoms with E-state index in [1.807, 2.05) is 6.92 Å². The van der Waals surface area contributed by atoms with E-state index in [9.17, 15) is 10.1 Å². The minimum absolute atomic E-state index is 0.0270. The lowest BCUT2D eigenvalue weighted by atomic mass is 10.3. The number of nitrogens with one attached hydrogen (secondary N) is 1. The quantitative estimate of drug-likeness (QED) is 0.620. The molecule has 1 N–H and O–H groups in total. The highest BCUT2D eigenvalue weighted by Crippen LogP contribution is 2.30. The topological polar surface area (TPSA) is 93.4 Å². The summed E-state index contributed by atoms with van der Waals surface area (Å²) in [6, 6.07) is 0.0615. The zero-order valence-corrected chi connectivity index (χ0v) is 11.7. The molecule has 0 aliphatic carbocycles. The van der Waals surface area contributed by atoms with E-state index in [-0.39, 0.29) is 23.4 Å². The second-order valence-electron chi connectivity index (χ2n) is 4.89. The smallest absolute Gasteiger partial charge is 0.372 e. The van der Waals surface area contributed by atoms with Gasteiger partial charge in [0.05, 0.1) is 12.0 Å².